The van der Waals surface area contributed by atoms with E-state index < -0.39 is 15.7 Å². The fourth-order valence-electron chi connectivity index (χ4n) is 2.72. The molecule has 7 N–H and O–H groups in total. The van der Waals surface area contributed by atoms with Crippen molar-refractivity contribution < 1.29 is 18.0 Å². The van der Waals surface area contributed by atoms with Crippen molar-refractivity contribution in [3.05, 3.63) is 40.7 Å². The van der Waals surface area contributed by atoms with Crippen LogP contribution in [-0.2, 0) is 21.1 Å². The first-order valence-electron chi connectivity index (χ1n) is 10.0. The number of aromatic nitrogens is 2. The number of Topliss-reactive ketones (excluding diaryl/α,β-unsaturated/α-hetero) is 1. The zero-order valence-electron chi connectivity index (χ0n) is 18.0. The minimum absolute atomic E-state index is 0.00268. The Morgan fingerprint density at radius 3 is 2.39 bits per heavy atom. The fourth-order valence-corrected chi connectivity index (χ4v) is 4.19. The number of unbranched alkanes of at least 4 members (excludes halogenated alkanes) is 1. The van der Waals surface area contributed by atoms with Crippen LogP contribution in [0, 0.1) is 0 Å². The number of aryl methyl sites for hydroxylation is 1. The number of hydrogen-bond acceptors (Lipinski definition) is 9. The van der Waals surface area contributed by atoms with Gasteiger partial charge in [-0.3, -0.25) is 19.9 Å². The molecule has 0 spiro atoms. The summed E-state index contributed by atoms with van der Waals surface area (Å²) in [7, 11) is -3.46. The first-order chi connectivity index (χ1) is 15.5. The van der Waals surface area contributed by atoms with E-state index in [1.807, 2.05) is 0 Å². The first-order valence-corrected chi connectivity index (χ1v) is 12.0. The van der Waals surface area contributed by atoms with E-state index >= 15 is 0 Å². The predicted octanol–water partition coefficient (Wildman–Crippen LogP) is 1.11. The molecule has 0 radical (unpaired) electrons. The molecule has 0 aliphatic heterocycles. The summed E-state index contributed by atoms with van der Waals surface area (Å²) in [6.07, 6.45) is 2.17. The highest BCUT2D eigenvalue weighted by Gasteiger charge is 2.17. The standard InChI is InChI=1S/C20H26ClN7O4S/c1-12(29)9-11-33(31,32)14-7-5-13(6-8-14)4-2-3-10-25-20(24)28-19(30)15-17(22)27-18(23)16(21)26-15/h5-8H,2-4,9-11H2,1H3,(H4,22,23,27)(H3,24,25,28,30). The maximum atomic E-state index is 12.2. The zero-order valence-corrected chi connectivity index (χ0v) is 19.6. The smallest absolute Gasteiger partial charge is 0.280 e. The topological polar surface area (TPSA) is 197 Å². The second kappa shape index (κ2) is 11.6. The number of carbonyl (C=O) groups excluding carboxylic acids is 2. The van der Waals surface area contributed by atoms with E-state index in [2.05, 4.69) is 20.3 Å². The molecule has 11 nitrogen and oxygen atoms in total. The third kappa shape index (κ3) is 7.99. The lowest BCUT2D eigenvalue weighted by atomic mass is 10.1. The van der Waals surface area contributed by atoms with Crippen LogP contribution in [0.1, 0.15) is 42.2 Å². The van der Waals surface area contributed by atoms with E-state index in [-0.39, 0.29) is 51.3 Å². The van der Waals surface area contributed by atoms with Gasteiger partial charge in [0.05, 0.1) is 10.6 Å². The number of nitrogen functional groups attached to an aromatic ring is 2. The van der Waals surface area contributed by atoms with Gasteiger partial charge in [0.1, 0.15) is 5.78 Å². The molecule has 1 amide bonds. The molecular formula is C20H26ClN7O4S. The summed E-state index contributed by atoms with van der Waals surface area (Å²) in [6, 6.07) is 6.60. The molecule has 178 valence electrons. The van der Waals surface area contributed by atoms with Crippen LogP contribution in [0.25, 0.3) is 0 Å². The molecule has 2 aromatic rings. The molecule has 2 rings (SSSR count). The summed E-state index contributed by atoms with van der Waals surface area (Å²) in [6.45, 7) is 1.73. The summed E-state index contributed by atoms with van der Waals surface area (Å²) >= 11 is 5.75. The van der Waals surface area contributed by atoms with Crippen molar-refractivity contribution in [2.24, 2.45) is 10.7 Å². The van der Waals surface area contributed by atoms with E-state index in [1.54, 1.807) is 24.3 Å². The minimum atomic E-state index is -3.46. The van der Waals surface area contributed by atoms with Gasteiger partial charge in [-0.2, -0.15) is 0 Å². The number of halogens is 1. The molecule has 0 saturated carbocycles. The molecule has 0 saturated heterocycles. The van der Waals surface area contributed by atoms with Crippen LogP contribution >= 0.6 is 11.6 Å². The summed E-state index contributed by atoms with van der Waals surface area (Å²) < 4.78 is 24.4. The average molecular weight is 496 g/mol. The number of anilines is 2. The molecule has 0 bridgehead atoms. The molecule has 1 aromatic heterocycles. The third-order valence-corrected chi connectivity index (χ3v) is 6.53. The number of ketones is 1. The highest BCUT2D eigenvalue weighted by molar-refractivity contribution is 7.91. The van der Waals surface area contributed by atoms with E-state index in [4.69, 9.17) is 28.8 Å². The Morgan fingerprint density at radius 2 is 1.76 bits per heavy atom. The molecular weight excluding hydrogens is 470 g/mol. The number of guanidine groups is 1. The Labute approximate surface area is 196 Å². The summed E-state index contributed by atoms with van der Waals surface area (Å²) in [5.41, 5.74) is 17.6. The number of nitrogens with zero attached hydrogens (tertiary/aromatic N) is 3. The van der Waals surface area contributed by atoms with Crippen molar-refractivity contribution in [2.75, 3.05) is 23.8 Å². The normalized spacial score (nSPS) is 11.9. The van der Waals surface area contributed by atoms with Crippen LogP contribution in [-0.4, -0.2) is 48.3 Å². The van der Waals surface area contributed by atoms with E-state index in [9.17, 15) is 18.0 Å². The van der Waals surface area contributed by atoms with Crippen LogP contribution in [0.4, 0.5) is 11.6 Å². The number of sulfone groups is 1. The van der Waals surface area contributed by atoms with Crippen molar-refractivity contribution in [2.45, 2.75) is 37.5 Å². The number of rotatable bonds is 10. The maximum Gasteiger partial charge on any atom is 0.280 e. The van der Waals surface area contributed by atoms with Gasteiger partial charge in [0.2, 0.25) is 0 Å². The third-order valence-electron chi connectivity index (χ3n) is 4.52. The lowest BCUT2D eigenvalue weighted by molar-refractivity contribution is -0.116. The van der Waals surface area contributed by atoms with Gasteiger partial charge in [0.15, 0.2) is 38.3 Å². The van der Waals surface area contributed by atoms with Gasteiger partial charge in [-0.05, 0) is 43.9 Å². The van der Waals surface area contributed by atoms with Gasteiger partial charge < -0.3 is 17.2 Å². The number of hydrogen-bond donors (Lipinski definition) is 4. The number of amides is 1. The van der Waals surface area contributed by atoms with Crippen LogP contribution < -0.4 is 22.5 Å². The van der Waals surface area contributed by atoms with Crippen LogP contribution in [0.5, 0.6) is 0 Å². The van der Waals surface area contributed by atoms with E-state index in [1.165, 1.54) is 6.92 Å². The predicted molar refractivity (Wildman–Crippen MR) is 127 cm³/mol. The molecule has 13 heteroatoms. The quantitative estimate of drug-likeness (QED) is 0.212. The van der Waals surface area contributed by atoms with E-state index in [0.29, 0.717) is 19.4 Å². The van der Waals surface area contributed by atoms with Gasteiger partial charge in [-0.1, -0.05) is 23.7 Å². The van der Waals surface area contributed by atoms with Gasteiger partial charge in [0, 0.05) is 13.0 Å². The molecule has 33 heavy (non-hydrogen) atoms. The monoisotopic (exact) mass is 495 g/mol. The van der Waals surface area contributed by atoms with Crippen molar-refractivity contribution in [1.82, 2.24) is 15.3 Å². The highest BCUT2D eigenvalue weighted by Crippen LogP contribution is 2.17. The summed E-state index contributed by atoms with van der Waals surface area (Å²) in [4.78, 5) is 35.0. The second-order valence-corrected chi connectivity index (χ2v) is 9.69. The second-order valence-electron chi connectivity index (χ2n) is 7.23. The van der Waals surface area contributed by atoms with Crippen molar-refractivity contribution in [1.29, 1.82) is 0 Å². The minimum Gasteiger partial charge on any atom is -0.382 e. The number of nitrogens with one attached hydrogen (secondary N) is 1. The SMILES string of the molecule is CC(=O)CCS(=O)(=O)c1ccc(CCCCN=C(N)NC(=O)c2nc(Cl)c(N)nc2N)cc1. The van der Waals surface area contributed by atoms with Crippen LogP contribution in [0.15, 0.2) is 34.2 Å². The zero-order chi connectivity index (χ0) is 24.6. The van der Waals surface area contributed by atoms with Gasteiger partial charge >= 0.3 is 0 Å². The van der Waals surface area contributed by atoms with Crippen molar-refractivity contribution >= 4 is 50.7 Å². The fraction of sp³-hybridized carbons (Fsp3) is 0.350. The lowest BCUT2D eigenvalue weighted by Crippen LogP contribution is -2.38. The Morgan fingerprint density at radius 1 is 1.09 bits per heavy atom. The number of nitrogens with two attached hydrogens (primary N) is 3. The lowest BCUT2D eigenvalue weighted by Gasteiger charge is -2.07. The molecule has 1 heterocycles. The van der Waals surface area contributed by atoms with Gasteiger partial charge in [-0.15, -0.1) is 0 Å². The Hall–Kier alpha value is -3.25. The largest absolute Gasteiger partial charge is 0.382 e. The van der Waals surface area contributed by atoms with Crippen molar-refractivity contribution in [3.8, 4) is 0 Å². The summed E-state index contributed by atoms with van der Waals surface area (Å²) in [5, 5.41) is 2.21. The molecule has 0 atom stereocenters. The average Bonchev–Trinajstić information content (AvgIpc) is 2.75. The first kappa shape index (κ1) is 26.0. The van der Waals surface area contributed by atoms with E-state index in [0.717, 1.165) is 12.0 Å². The molecule has 0 fully saturated rings. The molecule has 1 aromatic carbocycles. The number of benzene rings is 1. The molecule has 0 unspecified atom stereocenters. The van der Waals surface area contributed by atoms with Crippen LogP contribution in [0.2, 0.25) is 5.15 Å². The maximum absolute atomic E-state index is 12.2. The van der Waals surface area contributed by atoms with Gasteiger partial charge in [-0.25, -0.2) is 18.4 Å². The van der Waals surface area contributed by atoms with Gasteiger partial charge in [0.25, 0.3) is 5.91 Å². The molecule has 0 aliphatic carbocycles. The van der Waals surface area contributed by atoms with Crippen LogP contribution in [0.3, 0.4) is 0 Å². The summed E-state index contributed by atoms with van der Waals surface area (Å²) in [5.74, 6) is -1.43. The Balaban J connectivity index is 1.80. The highest BCUT2D eigenvalue weighted by atomic mass is 35.5. The van der Waals surface area contributed by atoms with Crippen molar-refractivity contribution in [3.63, 3.8) is 0 Å². The Kier molecular flexibility index (Phi) is 9.12. The Bertz CT molecular complexity index is 1150. The number of aliphatic imine (C=N–C) groups is 1. The molecule has 0 aliphatic rings. The number of carbonyl (C=O) groups is 2.